The highest BCUT2D eigenvalue weighted by Crippen LogP contribution is 2.45. The molecule has 0 bridgehead atoms. The summed E-state index contributed by atoms with van der Waals surface area (Å²) in [4.78, 5) is 0. The van der Waals surface area contributed by atoms with Gasteiger partial charge >= 0.3 is 0 Å². The zero-order chi connectivity index (χ0) is 20.5. The topological polar surface area (TPSA) is 102 Å². The van der Waals surface area contributed by atoms with Crippen LogP contribution in [-0.2, 0) is 4.74 Å². The van der Waals surface area contributed by atoms with Crippen LogP contribution in [0.4, 0.5) is 5.69 Å². The van der Waals surface area contributed by atoms with E-state index in [1.165, 1.54) is 44.6 Å². The van der Waals surface area contributed by atoms with Crippen molar-refractivity contribution in [3.05, 3.63) is 17.7 Å². The molecule has 0 aliphatic heterocycles. The summed E-state index contributed by atoms with van der Waals surface area (Å²) in [5, 5.41) is 19.5. The van der Waals surface area contributed by atoms with Crippen LogP contribution in [0.1, 0.15) is 83.8 Å². The van der Waals surface area contributed by atoms with E-state index in [2.05, 4.69) is 6.92 Å². The lowest BCUT2D eigenvalue weighted by Gasteiger charge is -2.43. The summed E-state index contributed by atoms with van der Waals surface area (Å²) in [5.41, 5.74) is 12.6. The van der Waals surface area contributed by atoms with E-state index in [9.17, 15) is 10.2 Å². The van der Waals surface area contributed by atoms with Gasteiger partial charge in [0.2, 0.25) is 0 Å². The summed E-state index contributed by atoms with van der Waals surface area (Å²) in [6.07, 6.45) is 9.91. The third kappa shape index (κ3) is 4.57. The average molecular weight is 391 g/mol. The second-order valence-corrected chi connectivity index (χ2v) is 9.51. The van der Waals surface area contributed by atoms with Crippen molar-refractivity contribution >= 4 is 5.69 Å². The number of anilines is 1. The average Bonchev–Trinajstić information content (AvgIpc) is 2.66. The van der Waals surface area contributed by atoms with Crippen molar-refractivity contribution in [3.8, 4) is 11.5 Å². The maximum atomic E-state index is 9.89. The van der Waals surface area contributed by atoms with Gasteiger partial charge in [-0.05, 0) is 76.2 Å². The Morgan fingerprint density at radius 3 is 2.11 bits per heavy atom. The van der Waals surface area contributed by atoms with Gasteiger partial charge in [0.25, 0.3) is 0 Å². The van der Waals surface area contributed by atoms with Gasteiger partial charge in [-0.15, -0.1) is 0 Å². The number of ether oxygens (including phenoxy) is 1. The number of rotatable bonds is 5. The molecule has 2 unspecified atom stereocenters. The highest BCUT2D eigenvalue weighted by atomic mass is 16.5. The van der Waals surface area contributed by atoms with Gasteiger partial charge < -0.3 is 26.4 Å². The van der Waals surface area contributed by atoms with Gasteiger partial charge in [-0.3, -0.25) is 0 Å². The number of aromatic hydroxyl groups is 2. The van der Waals surface area contributed by atoms with Crippen molar-refractivity contribution in [2.75, 3.05) is 5.73 Å². The number of phenols is 2. The summed E-state index contributed by atoms with van der Waals surface area (Å²) < 4.78 is 6.24. The van der Waals surface area contributed by atoms with Crippen molar-refractivity contribution in [1.29, 1.82) is 0 Å². The van der Waals surface area contributed by atoms with Crippen LogP contribution in [0.25, 0.3) is 0 Å². The molecular formula is C23H38N2O3. The first-order valence-electron chi connectivity index (χ1n) is 11.0. The van der Waals surface area contributed by atoms with Gasteiger partial charge in [0, 0.05) is 11.5 Å². The van der Waals surface area contributed by atoms with Crippen molar-refractivity contribution in [1.82, 2.24) is 0 Å². The van der Waals surface area contributed by atoms with E-state index < -0.39 is 5.72 Å². The minimum Gasteiger partial charge on any atom is -0.504 e. The molecule has 1 aromatic rings. The van der Waals surface area contributed by atoms with Gasteiger partial charge in [-0.1, -0.05) is 25.8 Å². The number of hydrogen-bond acceptors (Lipinski definition) is 5. The fraction of sp³-hybridized carbons (Fsp3) is 0.739. The largest absolute Gasteiger partial charge is 0.504 e. The molecule has 2 saturated carbocycles. The Hall–Kier alpha value is -1.46. The van der Waals surface area contributed by atoms with E-state index in [0.29, 0.717) is 11.5 Å². The molecule has 3 rings (SSSR count). The van der Waals surface area contributed by atoms with Crippen molar-refractivity contribution in [2.45, 2.75) is 84.0 Å². The van der Waals surface area contributed by atoms with E-state index in [0.717, 1.165) is 30.6 Å². The Labute approximate surface area is 169 Å². The van der Waals surface area contributed by atoms with E-state index in [-0.39, 0.29) is 23.3 Å². The van der Waals surface area contributed by atoms with Crippen molar-refractivity contribution < 1.29 is 14.9 Å². The zero-order valence-electron chi connectivity index (χ0n) is 17.7. The summed E-state index contributed by atoms with van der Waals surface area (Å²) in [6, 6.07) is 3.12. The quantitative estimate of drug-likeness (QED) is 0.319. The highest BCUT2D eigenvalue weighted by molar-refractivity contribution is 5.64. The van der Waals surface area contributed by atoms with Crippen LogP contribution in [0.15, 0.2) is 12.1 Å². The van der Waals surface area contributed by atoms with E-state index in [1.54, 1.807) is 6.07 Å². The van der Waals surface area contributed by atoms with E-state index in [4.69, 9.17) is 16.2 Å². The van der Waals surface area contributed by atoms with Crippen LogP contribution in [0.3, 0.4) is 0 Å². The van der Waals surface area contributed by atoms with Crippen LogP contribution in [-0.4, -0.2) is 15.9 Å². The molecule has 6 N–H and O–H groups in total. The SMILES string of the molecule is CC1CCC(C2CCC(C(C)(N)OC(C)c3ccc(O)c(O)c3N)CC2)CC1. The zero-order valence-corrected chi connectivity index (χ0v) is 17.7. The predicted octanol–water partition coefficient (Wildman–Crippen LogP) is 5.07. The fourth-order valence-corrected chi connectivity index (χ4v) is 5.43. The Kier molecular flexibility index (Phi) is 6.45. The summed E-state index contributed by atoms with van der Waals surface area (Å²) in [6.45, 7) is 6.24. The summed E-state index contributed by atoms with van der Waals surface area (Å²) in [5.74, 6) is 2.46. The molecule has 0 amide bonds. The Morgan fingerprint density at radius 2 is 1.54 bits per heavy atom. The molecule has 158 valence electrons. The summed E-state index contributed by atoms with van der Waals surface area (Å²) >= 11 is 0. The highest BCUT2D eigenvalue weighted by Gasteiger charge is 2.38. The maximum Gasteiger partial charge on any atom is 0.181 e. The maximum absolute atomic E-state index is 9.89. The molecule has 28 heavy (non-hydrogen) atoms. The van der Waals surface area contributed by atoms with Crippen LogP contribution < -0.4 is 11.5 Å². The molecular weight excluding hydrogens is 352 g/mol. The molecule has 0 radical (unpaired) electrons. The van der Waals surface area contributed by atoms with Gasteiger partial charge in [0.05, 0.1) is 11.8 Å². The number of hydrogen-bond donors (Lipinski definition) is 4. The van der Waals surface area contributed by atoms with Crippen LogP contribution >= 0.6 is 0 Å². The molecule has 0 aromatic heterocycles. The van der Waals surface area contributed by atoms with Crippen LogP contribution in [0.2, 0.25) is 0 Å². The number of phenolic OH excluding ortho intramolecular Hbond substituents is 2. The molecule has 5 heteroatoms. The Balaban J connectivity index is 1.57. The minimum absolute atomic E-state index is 0.151. The Bertz CT molecular complexity index is 660. The smallest absolute Gasteiger partial charge is 0.181 e. The first-order chi connectivity index (χ1) is 13.2. The second kappa shape index (κ2) is 8.50. The molecule has 5 nitrogen and oxygen atoms in total. The van der Waals surface area contributed by atoms with Crippen LogP contribution in [0, 0.1) is 23.7 Å². The van der Waals surface area contributed by atoms with Gasteiger partial charge in [-0.2, -0.15) is 0 Å². The monoisotopic (exact) mass is 390 g/mol. The fourth-order valence-electron chi connectivity index (χ4n) is 5.43. The van der Waals surface area contributed by atoms with E-state index in [1.807, 2.05) is 13.8 Å². The molecule has 2 aliphatic carbocycles. The van der Waals surface area contributed by atoms with Gasteiger partial charge in [0.1, 0.15) is 5.72 Å². The normalized spacial score (nSPS) is 31.9. The third-order valence-electron chi connectivity index (χ3n) is 7.41. The lowest BCUT2D eigenvalue weighted by atomic mass is 9.68. The van der Waals surface area contributed by atoms with Crippen molar-refractivity contribution in [2.24, 2.45) is 29.4 Å². The minimum atomic E-state index is -0.745. The first-order valence-corrected chi connectivity index (χ1v) is 11.0. The first kappa shape index (κ1) is 21.3. The summed E-state index contributed by atoms with van der Waals surface area (Å²) in [7, 11) is 0. The number of nitrogens with two attached hydrogens (primary N) is 2. The Morgan fingerprint density at radius 1 is 1.00 bits per heavy atom. The van der Waals surface area contributed by atoms with Crippen LogP contribution in [0.5, 0.6) is 11.5 Å². The third-order valence-corrected chi connectivity index (χ3v) is 7.41. The number of benzene rings is 1. The lowest BCUT2D eigenvalue weighted by molar-refractivity contribution is -0.120. The molecule has 2 fully saturated rings. The lowest BCUT2D eigenvalue weighted by Crippen LogP contribution is -2.49. The van der Waals surface area contributed by atoms with E-state index >= 15 is 0 Å². The molecule has 2 atom stereocenters. The molecule has 0 spiro atoms. The van der Waals surface area contributed by atoms with Gasteiger partial charge in [-0.25, -0.2) is 0 Å². The van der Waals surface area contributed by atoms with Crippen molar-refractivity contribution in [3.63, 3.8) is 0 Å². The van der Waals surface area contributed by atoms with Gasteiger partial charge in [0.15, 0.2) is 11.5 Å². The number of nitrogen functional groups attached to an aromatic ring is 1. The molecule has 1 aromatic carbocycles. The molecule has 0 saturated heterocycles. The molecule has 2 aliphatic rings. The standard InChI is InChI=1S/C23H38N2O3/c1-14-4-6-16(7-5-14)17-8-10-18(11-9-17)23(3,25)28-15(2)19-12-13-20(26)22(27)21(19)24/h12-18,26-27H,4-11,24-25H2,1-3H3. The second-order valence-electron chi connectivity index (χ2n) is 9.51. The predicted molar refractivity (Wildman–Crippen MR) is 113 cm³/mol. The molecule has 0 heterocycles.